The first kappa shape index (κ1) is 14.2. The molecule has 1 amide bonds. The van der Waals surface area contributed by atoms with Crippen molar-refractivity contribution < 1.29 is 17.9 Å². The fraction of sp³-hybridized carbons (Fsp3) is 0.167. The molecule has 0 spiro atoms. The number of benzene rings is 1. The lowest BCUT2D eigenvalue weighted by atomic mass is 10.2. The first-order chi connectivity index (χ1) is 9.43. The number of aromatic nitrogens is 1. The highest BCUT2D eigenvalue weighted by molar-refractivity contribution is 7.89. The summed E-state index contributed by atoms with van der Waals surface area (Å²) >= 11 is 0. The number of pyridine rings is 1. The minimum Gasteiger partial charge on any atom is -0.483 e. The molecule has 0 fully saturated rings. The van der Waals surface area contributed by atoms with Gasteiger partial charge < -0.3 is 10.1 Å². The van der Waals surface area contributed by atoms with Crippen LogP contribution in [0.3, 0.4) is 0 Å². The minimum absolute atomic E-state index is 0.0830. The zero-order valence-corrected chi connectivity index (χ0v) is 11.5. The number of hydrogen-bond acceptors (Lipinski definition) is 5. The number of rotatable bonds is 4. The summed E-state index contributed by atoms with van der Waals surface area (Å²) in [6, 6.07) is 6.05. The number of nitrogens with one attached hydrogen (secondary N) is 1. The number of primary sulfonamides is 1. The third-order valence-corrected chi connectivity index (χ3v) is 3.58. The van der Waals surface area contributed by atoms with Crippen molar-refractivity contribution in [2.45, 2.75) is 4.90 Å². The molecule has 2 aromatic rings. The van der Waals surface area contributed by atoms with Gasteiger partial charge in [0.25, 0.3) is 5.91 Å². The van der Waals surface area contributed by atoms with Crippen LogP contribution in [0.4, 0.5) is 0 Å². The summed E-state index contributed by atoms with van der Waals surface area (Å²) in [6.07, 6.45) is 1.46. The van der Waals surface area contributed by atoms with Gasteiger partial charge in [0.2, 0.25) is 10.0 Å². The van der Waals surface area contributed by atoms with Gasteiger partial charge in [0.05, 0.1) is 5.52 Å². The van der Waals surface area contributed by atoms with E-state index in [1.165, 1.54) is 25.4 Å². The molecule has 1 heterocycles. The predicted octanol–water partition coefficient (Wildman–Crippen LogP) is 0.00700. The van der Waals surface area contributed by atoms with Crippen molar-refractivity contribution in [2.75, 3.05) is 13.7 Å². The maximum absolute atomic E-state index is 11.5. The molecule has 3 N–H and O–H groups in total. The predicted molar refractivity (Wildman–Crippen MR) is 72.7 cm³/mol. The topological polar surface area (TPSA) is 111 Å². The summed E-state index contributed by atoms with van der Waals surface area (Å²) in [6.45, 7) is -0.171. The molecule has 20 heavy (non-hydrogen) atoms. The second kappa shape index (κ2) is 5.43. The van der Waals surface area contributed by atoms with Crippen molar-refractivity contribution in [1.29, 1.82) is 0 Å². The molecule has 0 aliphatic carbocycles. The number of hydrogen-bond donors (Lipinski definition) is 2. The van der Waals surface area contributed by atoms with E-state index in [-0.39, 0.29) is 22.9 Å². The van der Waals surface area contributed by atoms with E-state index in [9.17, 15) is 13.2 Å². The molecule has 2 rings (SSSR count). The van der Waals surface area contributed by atoms with E-state index in [1.807, 2.05) is 0 Å². The number of amides is 1. The van der Waals surface area contributed by atoms with Gasteiger partial charge in [0.15, 0.2) is 6.61 Å². The van der Waals surface area contributed by atoms with E-state index in [4.69, 9.17) is 9.88 Å². The summed E-state index contributed by atoms with van der Waals surface area (Å²) in [5, 5.41) is 8.04. The van der Waals surface area contributed by atoms with Gasteiger partial charge in [-0.1, -0.05) is 0 Å². The van der Waals surface area contributed by atoms with E-state index in [0.29, 0.717) is 11.1 Å². The highest BCUT2D eigenvalue weighted by Crippen LogP contribution is 2.28. The lowest BCUT2D eigenvalue weighted by Gasteiger charge is -2.10. The average molecular weight is 295 g/mol. The summed E-state index contributed by atoms with van der Waals surface area (Å²) < 4.78 is 28.4. The Morgan fingerprint density at radius 3 is 2.80 bits per heavy atom. The molecular formula is C12H13N3O4S. The van der Waals surface area contributed by atoms with Gasteiger partial charge >= 0.3 is 0 Å². The SMILES string of the molecule is CNC(=O)COc1ccc(S(N)(=O)=O)c2ncccc12. The van der Waals surface area contributed by atoms with Crippen molar-refractivity contribution in [3.8, 4) is 5.75 Å². The van der Waals surface area contributed by atoms with Gasteiger partial charge in [-0.05, 0) is 24.3 Å². The summed E-state index contributed by atoms with van der Waals surface area (Å²) in [5.41, 5.74) is 0.212. The molecule has 0 aliphatic heterocycles. The van der Waals surface area contributed by atoms with E-state index in [1.54, 1.807) is 12.1 Å². The molecule has 8 heteroatoms. The van der Waals surface area contributed by atoms with Gasteiger partial charge in [0, 0.05) is 18.6 Å². The Bertz CT molecular complexity index is 758. The van der Waals surface area contributed by atoms with Crippen LogP contribution in [0.25, 0.3) is 10.9 Å². The Labute approximate surface area is 115 Å². The molecule has 0 saturated heterocycles. The number of sulfonamides is 1. The van der Waals surface area contributed by atoms with Crippen molar-refractivity contribution in [1.82, 2.24) is 10.3 Å². The Hall–Kier alpha value is -2.19. The average Bonchev–Trinajstić information content (AvgIpc) is 2.43. The normalized spacial score (nSPS) is 11.3. The summed E-state index contributed by atoms with van der Waals surface area (Å²) in [4.78, 5) is 15.1. The van der Waals surface area contributed by atoms with Crippen LogP contribution in [0, 0.1) is 0 Å². The summed E-state index contributed by atoms with van der Waals surface area (Å²) in [5.74, 6) is 0.0710. The molecule has 106 valence electrons. The molecule has 0 unspecified atom stereocenters. The van der Waals surface area contributed by atoms with E-state index in [2.05, 4.69) is 10.3 Å². The standard InChI is InChI=1S/C12H13N3O4S/c1-14-11(16)7-19-9-4-5-10(20(13,17)18)12-8(9)3-2-6-15-12/h2-6H,7H2,1H3,(H,14,16)(H2,13,17,18). The van der Waals surface area contributed by atoms with Crippen LogP contribution in [0.1, 0.15) is 0 Å². The van der Waals surface area contributed by atoms with Crippen molar-refractivity contribution in [3.05, 3.63) is 30.5 Å². The second-order valence-corrected chi connectivity index (χ2v) is 5.50. The van der Waals surface area contributed by atoms with Crippen molar-refractivity contribution in [3.63, 3.8) is 0 Å². The number of nitrogens with two attached hydrogens (primary N) is 1. The van der Waals surface area contributed by atoms with Crippen LogP contribution in [0.2, 0.25) is 0 Å². The van der Waals surface area contributed by atoms with Gasteiger partial charge in [-0.15, -0.1) is 0 Å². The van der Waals surface area contributed by atoms with Gasteiger partial charge in [-0.2, -0.15) is 0 Å². The molecule has 7 nitrogen and oxygen atoms in total. The third kappa shape index (κ3) is 2.86. The van der Waals surface area contributed by atoms with Crippen molar-refractivity contribution in [2.24, 2.45) is 5.14 Å². The Morgan fingerprint density at radius 1 is 1.40 bits per heavy atom. The third-order valence-electron chi connectivity index (χ3n) is 2.64. The quantitative estimate of drug-likeness (QED) is 0.825. The van der Waals surface area contributed by atoms with Crippen LogP contribution in [-0.2, 0) is 14.8 Å². The molecule has 1 aromatic carbocycles. The largest absolute Gasteiger partial charge is 0.483 e. The maximum atomic E-state index is 11.5. The Morgan fingerprint density at radius 2 is 2.15 bits per heavy atom. The maximum Gasteiger partial charge on any atom is 0.257 e. The molecule has 0 radical (unpaired) electrons. The van der Waals surface area contributed by atoms with Crippen molar-refractivity contribution >= 4 is 26.8 Å². The van der Waals surface area contributed by atoms with Gasteiger partial charge in [0.1, 0.15) is 10.6 Å². The fourth-order valence-electron chi connectivity index (χ4n) is 1.69. The highest BCUT2D eigenvalue weighted by atomic mass is 32.2. The molecule has 0 saturated carbocycles. The van der Waals surface area contributed by atoms with Gasteiger partial charge in [-0.3, -0.25) is 9.78 Å². The Kier molecular flexibility index (Phi) is 3.86. The van der Waals surface area contributed by atoms with Crippen LogP contribution in [-0.4, -0.2) is 33.0 Å². The first-order valence-electron chi connectivity index (χ1n) is 5.67. The van der Waals surface area contributed by atoms with Crippen LogP contribution >= 0.6 is 0 Å². The number of nitrogens with zero attached hydrogens (tertiary/aromatic N) is 1. The lowest BCUT2D eigenvalue weighted by molar-refractivity contribution is -0.122. The van der Waals surface area contributed by atoms with Crippen LogP contribution in [0.5, 0.6) is 5.75 Å². The molecule has 1 aromatic heterocycles. The fourth-order valence-corrected chi connectivity index (χ4v) is 2.38. The number of carbonyl (C=O) groups is 1. The lowest BCUT2D eigenvalue weighted by Crippen LogP contribution is -2.24. The number of carbonyl (C=O) groups excluding carboxylic acids is 1. The van der Waals surface area contributed by atoms with Crippen LogP contribution < -0.4 is 15.2 Å². The highest BCUT2D eigenvalue weighted by Gasteiger charge is 2.16. The van der Waals surface area contributed by atoms with Crippen LogP contribution in [0.15, 0.2) is 35.4 Å². The zero-order chi connectivity index (χ0) is 14.8. The smallest absolute Gasteiger partial charge is 0.257 e. The molecule has 0 bridgehead atoms. The zero-order valence-electron chi connectivity index (χ0n) is 10.7. The molecular weight excluding hydrogens is 282 g/mol. The number of ether oxygens (including phenoxy) is 1. The first-order valence-corrected chi connectivity index (χ1v) is 7.22. The van der Waals surface area contributed by atoms with E-state index < -0.39 is 10.0 Å². The van der Waals surface area contributed by atoms with E-state index in [0.717, 1.165) is 0 Å². The number of fused-ring (bicyclic) bond motifs is 1. The Balaban J connectivity index is 2.52. The summed E-state index contributed by atoms with van der Waals surface area (Å²) in [7, 11) is -2.38. The monoisotopic (exact) mass is 295 g/mol. The molecule has 0 aliphatic rings. The minimum atomic E-state index is -3.88. The van der Waals surface area contributed by atoms with E-state index >= 15 is 0 Å². The molecule has 0 atom stereocenters. The second-order valence-electron chi connectivity index (χ2n) is 3.97. The van der Waals surface area contributed by atoms with Gasteiger partial charge in [-0.25, -0.2) is 13.6 Å². The number of likely N-dealkylation sites (N-methyl/N-ethyl adjacent to an activating group) is 1.